The number of nitrogens with one attached hydrogen (secondary N) is 1. The zero-order chi connectivity index (χ0) is 14.7. The molecule has 4 nitrogen and oxygen atoms in total. The highest BCUT2D eigenvalue weighted by Crippen LogP contribution is 2.29. The van der Waals surface area contributed by atoms with Crippen LogP contribution in [0.2, 0.25) is 0 Å². The minimum atomic E-state index is -0.910. The van der Waals surface area contributed by atoms with Gasteiger partial charge in [0.25, 0.3) is 5.91 Å². The van der Waals surface area contributed by atoms with E-state index in [4.69, 9.17) is 4.74 Å². The maximum Gasteiger partial charge on any atom is 0.263 e. The highest BCUT2D eigenvalue weighted by atomic mass is 19.1. The van der Waals surface area contributed by atoms with Gasteiger partial charge in [0.05, 0.1) is 7.11 Å². The first-order valence-corrected chi connectivity index (χ1v) is 5.66. The fourth-order valence-corrected chi connectivity index (χ4v) is 1.71. The summed E-state index contributed by atoms with van der Waals surface area (Å²) >= 11 is 0. The van der Waals surface area contributed by atoms with Crippen LogP contribution in [0.15, 0.2) is 36.4 Å². The molecule has 2 aromatic rings. The number of amides is 1. The summed E-state index contributed by atoms with van der Waals surface area (Å²) in [6.45, 7) is 0. The van der Waals surface area contributed by atoms with Gasteiger partial charge in [0.2, 0.25) is 0 Å². The van der Waals surface area contributed by atoms with E-state index in [1.165, 1.54) is 31.4 Å². The summed E-state index contributed by atoms with van der Waals surface area (Å²) < 4.78 is 31.9. The van der Waals surface area contributed by atoms with Crippen molar-refractivity contribution in [1.82, 2.24) is 0 Å². The van der Waals surface area contributed by atoms with Crippen LogP contribution in [-0.4, -0.2) is 18.1 Å². The Morgan fingerprint density at radius 2 is 1.75 bits per heavy atom. The summed E-state index contributed by atoms with van der Waals surface area (Å²) in [6.07, 6.45) is 0. The number of hydrogen-bond acceptors (Lipinski definition) is 3. The molecule has 1 amide bonds. The maximum absolute atomic E-state index is 13.5. The molecule has 0 aliphatic carbocycles. The molecule has 0 spiro atoms. The van der Waals surface area contributed by atoms with Gasteiger partial charge in [-0.15, -0.1) is 0 Å². The van der Waals surface area contributed by atoms with Gasteiger partial charge < -0.3 is 15.2 Å². The molecule has 6 heteroatoms. The second-order valence-electron chi connectivity index (χ2n) is 3.91. The van der Waals surface area contributed by atoms with Gasteiger partial charge in [-0.3, -0.25) is 4.79 Å². The van der Waals surface area contributed by atoms with Crippen molar-refractivity contribution in [2.45, 2.75) is 0 Å². The quantitative estimate of drug-likeness (QED) is 0.908. The first kappa shape index (κ1) is 13.8. The molecule has 104 valence electrons. The molecule has 0 saturated carbocycles. The number of halogens is 2. The lowest BCUT2D eigenvalue weighted by Crippen LogP contribution is -2.15. The molecule has 0 fully saturated rings. The van der Waals surface area contributed by atoms with Gasteiger partial charge in [0.15, 0.2) is 0 Å². The van der Waals surface area contributed by atoms with Crippen LogP contribution in [0.5, 0.6) is 11.5 Å². The van der Waals surface area contributed by atoms with Crippen molar-refractivity contribution in [3.63, 3.8) is 0 Å². The van der Waals surface area contributed by atoms with E-state index in [2.05, 4.69) is 5.32 Å². The Hall–Kier alpha value is -2.63. The average molecular weight is 279 g/mol. The van der Waals surface area contributed by atoms with Gasteiger partial charge in [-0.2, -0.15) is 0 Å². The molecule has 2 N–H and O–H groups in total. The largest absolute Gasteiger partial charge is 0.507 e. The van der Waals surface area contributed by atoms with Crippen LogP contribution in [-0.2, 0) is 0 Å². The Kier molecular flexibility index (Phi) is 3.84. The highest BCUT2D eigenvalue weighted by Gasteiger charge is 2.20. The Morgan fingerprint density at radius 1 is 1.15 bits per heavy atom. The lowest BCUT2D eigenvalue weighted by atomic mass is 10.1. The van der Waals surface area contributed by atoms with Gasteiger partial charge in [0, 0.05) is 0 Å². The second kappa shape index (κ2) is 5.56. The molecule has 2 rings (SSSR count). The van der Waals surface area contributed by atoms with E-state index in [0.717, 1.165) is 12.1 Å². The third-order valence-corrected chi connectivity index (χ3v) is 2.65. The van der Waals surface area contributed by atoms with E-state index in [1.54, 1.807) is 0 Å². The van der Waals surface area contributed by atoms with E-state index in [9.17, 15) is 18.7 Å². The summed E-state index contributed by atoms with van der Waals surface area (Å²) in [4.78, 5) is 12.0. The zero-order valence-electron chi connectivity index (χ0n) is 10.5. The van der Waals surface area contributed by atoms with Crippen LogP contribution in [0.4, 0.5) is 14.5 Å². The number of aromatic hydroxyl groups is 1. The van der Waals surface area contributed by atoms with Crippen LogP contribution in [0, 0.1) is 11.6 Å². The van der Waals surface area contributed by atoms with Gasteiger partial charge >= 0.3 is 0 Å². The lowest BCUT2D eigenvalue weighted by Gasteiger charge is -2.11. The summed E-state index contributed by atoms with van der Waals surface area (Å²) in [5.41, 5.74) is -0.777. The van der Waals surface area contributed by atoms with Gasteiger partial charge in [-0.05, 0) is 24.3 Å². The zero-order valence-corrected chi connectivity index (χ0v) is 10.5. The van der Waals surface area contributed by atoms with Crippen molar-refractivity contribution >= 4 is 11.6 Å². The Labute approximate surface area is 113 Å². The number of benzene rings is 2. The van der Waals surface area contributed by atoms with Crippen molar-refractivity contribution in [2.75, 3.05) is 12.4 Å². The fraction of sp³-hybridized carbons (Fsp3) is 0.0714. The van der Waals surface area contributed by atoms with Crippen LogP contribution >= 0.6 is 0 Å². The minimum absolute atomic E-state index is 0.0965. The monoisotopic (exact) mass is 279 g/mol. The van der Waals surface area contributed by atoms with Crippen molar-refractivity contribution in [3.05, 3.63) is 53.6 Å². The van der Waals surface area contributed by atoms with Crippen LogP contribution in [0.25, 0.3) is 0 Å². The number of phenolic OH excluding ortho intramolecular Hbond substituents is 1. The molecule has 0 heterocycles. The molecule has 0 radical (unpaired) electrons. The molecule has 0 aliphatic rings. The van der Waals surface area contributed by atoms with Crippen LogP contribution in [0.3, 0.4) is 0 Å². The third kappa shape index (κ3) is 2.54. The molecular weight excluding hydrogens is 268 g/mol. The Morgan fingerprint density at radius 3 is 2.35 bits per heavy atom. The Bertz CT molecular complexity index is 639. The van der Waals surface area contributed by atoms with Gasteiger partial charge in [0.1, 0.15) is 34.4 Å². The van der Waals surface area contributed by atoms with Crippen molar-refractivity contribution in [2.24, 2.45) is 0 Å². The number of para-hydroxylation sites is 1. The third-order valence-electron chi connectivity index (χ3n) is 2.65. The molecular formula is C14H11F2NO3. The molecule has 0 atom stereocenters. The number of carbonyl (C=O) groups is 1. The molecule has 0 bridgehead atoms. The van der Waals surface area contributed by atoms with Crippen molar-refractivity contribution in [3.8, 4) is 11.5 Å². The van der Waals surface area contributed by atoms with Crippen LogP contribution < -0.4 is 10.1 Å². The predicted octanol–water partition coefficient (Wildman–Crippen LogP) is 2.93. The second-order valence-corrected chi connectivity index (χ2v) is 3.91. The standard InChI is InChI=1S/C14H11F2NO3/c1-20-11-7-3-6-10(18)12(11)14(19)17-13-8(15)4-2-5-9(13)16/h2-7,18H,1H3,(H,17,19). The van der Waals surface area contributed by atoms with E-state index < -0.39 is 23.2 Å². The SMILES string of the molecule is COc1cccc(O)c1C(=O)Nc1c(F)cccc1F. The molecule has 0 saturated heterocycles. The van der Waals surface area contributed by atoms with Crippen molar-refractivity contribution in [1.29, 1.82) is 0 Å². The van der Waals surface area contributed by atoms with E-state index in [0.29, 0.717) is 0 Å². The molecule has 0 aromatic heterocycles. The number of ether oxygens (including phenoxy) is 1. The minimum Gasteiger partial charge on any atom is -0.507 e. The number of methoxy groups -OCH3 is 1. The van der Waals surface area contributed by atoms with Gasteiger partial charge in [-0.25, -0.2) is 8.78 Å². The van der Waals surface area contributed by atoms with E-state index in [-0.39, 0.29) is 17.1 Å². The van der Waals surface area contributed by atoms with Crippen molar-refractivity contribution < 1.29 is 23.4 Å². The normalized spacial score (nSPS) is 10.2. The topological polar surface area (TPSA) is 58.6 Å². The fourth-order valence-electron chi connectivity index (χ4n) is 1.71. The number of phenols is 1. The summed E-state index contributed by atoms with van der Waals surface area (Å²) in [6, 6.07) is 7.42. The first-order chi connectivity index (χ1) is 9.54. The first-order valence-electron chi connectivity index (χ1n) is 5.66. The number of anilines is 1. The molecule has 0 unspecified atom stereocenters. The predicted molar refractivity (Wildman–Crippen MR) is 69.0 cm³/mol. The van der Waals surface area contributed by atoms with E-state index in [1.807, 2.05) is 0 Å². The highest BCUT2D eigenvalue weighted by molar-refractivity contribution is 6.08. The van der Waals surface area contributed by atoms with Crippen LogP contribution in [0.1, 0.15) is 10.4 Å². The van der Waals surface area contributed by atoms with E-state index >= 15 is 0 Å². The molecule has 20 heavy (non-hydrogen) atoms. The molecule has 0 aliphatic heterocycles. The van der Waals surface area contributed by atoms with Gasteiger partial charge in [-0.1, -0.05) is 12.1 Å². The summed E-state index contributed by atoms with van der Waals surface area (Å²) in [5.74, 6) is -2.94. The maximum atomic E-state index is 13.5. The molecule has 2 aromatic carbocycles. The number of carbonyl (C=O) groups excluding carboxylic acids is 1. The number of hydrogen-bond donors (Lipinski definition) is 2. The average Bonchev–Trinajstić information content (AvgIpc) is 2.42. The number of rotatable bonds is 3. The summed E-state index contributed by atoms with van der Waals surface area (Å²) in [7, 11) is 1.31. The Balaban J connectivity index is 2.39. The smallest absolute Gasteiger partial charge is 0.263 e. The lowest BCUT2D eigenvalue weighted by molar-refractivity contribution is 0.102. The summed E-state index contributed by atoms with van der Waals surface area (Å²) in [5, 5.41) is 11.8.